The van der Waals surface area contributed by atoms with Gasteiger partial charge in [-0.1, -0.05) is 0 Å². The third-order valence-corrected chi connectivity index (χ3v) is 3.18. The first-order valence-electron chi connectivity index (χ1n) is 5.73. The summed E-state index contributed by atoms with van der Waals surface area (Å²) in [5.41, 5.74) is 0.843. The highest BCUT2D eigenvalue weighted by Crippen LogP contribution is 2.43. The van der Waals surface area contributed by atoms with Crippen LogP contribution >= 0.6 is 11.6 Å². The first-order chi connectivity index (χ1) is 8.82. The molecular formula is C11H13ClF2N4O. The molecule has 0 aromatic carbocycles. The highest BCUT2D eigenvalue weighted by atomic mass is 35.5. The van der Waals surface area contributed by atoms with Gasteiger partial charge in [0.25, 0.3) is 0 Å². The summed E-state index contributed by atoms with van der Waals surface area (Å²) in [6, 6.07) is 0. The Hall–Kier alpha value is -1.50. The summed E-state index contributed by atoms with van der Waals surface area (Å²) in [5, 5.41) is 5.40. The standard InChI is InChI=1S/C11H13ClF2N4O/c1-5-7(8(15-2)18-10(12)16-5)17-9(19)6-3-11(13,14)4-6/h6H,3-4H2,1-2H3,(H,17,19)(H,15,16,18). The molecule has 2 N–H and O–H groups in total. The Morgan fingerprint density at radius 3 is 2.58 bits per heavy atom. The molecule has 1 aromatic rings. The molecule has 5 nitrogen and oxygen atoms in total. The number of anilines is 2. The van der Waals surface area contributed by atoms with Crippen LogP contribution in [0.15, 0.2) is 0 Å². The van der Waals surface area contributed by atoms with E-state index in [-0.39, 0.29) is 5.28 Å². The van der Waals surface area contributed by atoms with E-state index in [4.69, 9.17) is 11.6 Å². The van der Waals surface area contributed by atoms with Crippen molar-refractivity contribution >= 4 is 29.0 Å². The first-order valence-corrected chi connectivity index (χ1v) is 6.11. The zero-order valence-electron chi connectivity index (χ0n) is 10.4. The highest BCUT2D eigenvalue weighted by Gasteiger charge is 2.48. The number of amides is 1. The summed E-state index contributed by atoms with van der Waals surface area (Å²) in [7, 11) is 1.62. The van der Waals surface area contributed by atoms with Crippen LogP contribution in [0.3, 0.4) is 0 Å². The first kappa shape index (κ1) is 13.9. The molecule has 1 aliphatic rings. The Bertz CT molecular complexity index is 516. The minimum atomic E-state index is -2.72. The van der Waals surface area contributed by atoms with Crippen LogP contribution in [0.2, 0.25) is 5.28 Å². The van der Waals surface area contributed by atoms with Gasteiger partial charge >= 0.3 is 0 Å². The minimum absolute atomic E-state index is 0.0510. The Labute approximate surface area is 113 Å². The minimum Gasteiger partial charge on any atom is -0.371 e. The van der Waals surface area contributed by atoms with Gasteiger partial charge in [0.15, 0.2) is 5.82 Å². The van der Waals surface area contributed by atoms with Crippen molar-refractivity contribution < 1.29 is 13.6 Å². The molecule has 0 unspecified atom stereocenters. The van der Waals surface area contributed by atoms with Gasteiger partial charge in [-0.2, -0.15) is 4.98 Å². The SMILES string of the molecule is CNc1nc(Cl)nc(C)c1NC(=O)C1CC(F)(F)C1. The van der Waals surface area contributed by atoms with Crippen molar-refractivity contribution in [2.75, 3.05) is 17.7 Å². The topological polar surface area (TPSA) is 66.9 Å². The Kier molecular flexibility index (Phi) is 3.58. The molecule has 1 saturated carbocycles. The van der Waals surface area contributed by atoms with Crippen molar-refractivity contribution in [3.63, 3.8) is 0 Å². The van der Waals surface area contributed by atoms with Crippen LogP contribution in [-0.4, -0.2) is 28.8 Å². The second kappa shape index (κ2) is 4.88. The van der Waals surface area contributed by atoms with E-state index in [1.165, 1.54) is 0 Å². The van der Waals surface area contributed by atoms with E-state index in [2.05, 4.69) is 20.6 Å². The lowest BCUT2D eigenvalue weighted by Crippen LogP contribution is -2.42. The van der Waals surface area contributed by atoms with E-state index >= 15 is 0 Å². The van der Waals surface area contributed by atoms with E-state index in [1.54, 1.807) is 14.0 Å². The normalized spacial score (nSPS) is 17.7. The Morgan fingerprint density at radius 2 is 2.05 bits per heavy atom. The molecule has 0 aliphatic heterocycles. The highest BCUT2D eigenvalue weighted by molar-refractivity contribution is 6.28. The van der Waals surface area contributed by atoms with Crippen molar-refractivity contribution in [2.24, 2.45) is 5.92 Å². The van der Waals surface area contributed by atoms with Gasteiger partial charge in [-0.3, -0.25) is 4.79 Å². The number of aryl methyl sites for hydroxylation is 1. The summed E-state index contributed by atoms with van der Waals surface area (Å²) in [5.74, 6) is -3.48. The van der Waals surface area contributed by atoms with Gasteiger partial charge in [-0.25, -0.2) is 13.8 Å². The lowest BCUT2D eigenvalue weighted by Gasteiger charge is -2.33. The molecule has 0 saturated heterocycles. The fourth-order valence-electron chi connectivity index (χ4n) is 1.94. The monoisotopic (exact) mass is 290 g/mol. The van der Waals surface area contributed by atoms with Gasteiger partial charge in [0.1, 0.15) is 5.69 Å². The van der Waals surface area contributed by atoms with Crippen LogP contribution in [0.25, 0.3) is 0 Å². The number of carbonyl (C=O) groups is 1. The molecule has 1 heterocycles. The van der Waals surface area contributed by atoms with Crippen LogP contribution < -0.4 is 10.6 Å². The maximum Gasteiger partial charge on any atom is 0.249 e. The lowest BCUT2D eigenvalue weighted by atomic mass is 9.81. The zero-order valence-corrected chi connectivity index (χ0v) is 11.2. The number of carbonyl (C=O) groups excluding carboxylic acids is 1. The smallest absolute Gasteiger partial charge is 0.249 e. The van der Waals surface area contributed by atoms with Gasteiger partial charge in [0.2, 0.25) is 17.1 Å². The van der Waals surface area contributed by atoms with Gasteiger partial charge in [0, 0.05) is 25.8 Å². The van der Waals surface area contributed by atoms with Gasteiger partial charge in [-0.15, -0.1) is 0 Å². The summed E-state index contributed by atoms with van der Waals surface area (Å²) in [4.78, 5) is 19.7. The number of alkyl halides is 2. The number of rotatable bonds is 3. The molecule has 1 aromatic heterocycles. The second-order valence-corrected chi connectivity index (χ2v) is 4.84. The number of halogens is 3. The molecule has 2 rings (SSSR count). The number of hydrogen-bond donors (Lipinski definition) is 2. The van der Waals surface area contributed by atoms with Crippen LogP contribution in [0, 0.1) is 12.8 Å². The van der Waals surface area contributed by atoms with E-state index < -0.39 is 30.6 Å². The zero-order chi connectivity index (χ0) is 14.2. The predicted octanol–water partition coefficient (Wildman–Crippen LogP) is 2.46. The van der Waals surface area contributed by atoms with Crippen molar-refractivity contribution in [2.45, 2.75) is 25.7 Å². The third-order valence-electron chi connectivity index (χ3n) is 3.01. The number of nitrogens with zero attached hydrogens (tertiary/aromatic N) is 2. The lowest BCUT2D eigenvalue weighted by molar-refractivity contribution is -0.145. The summed E-state index contributed by atoms with van der Waals surface area (Å²) < 4.78 is 25.5. The molecule has 0 spiro atoms. The number of nitrogens with one attached hydrogen (secondary N) is 2. The molecule has 8 heteroatoms. The largest absolute Gasteiger partial charge is 0.371 e. The predicted molar refractivity (Wildman–Crippen MR) is 67.6 cm³/mol. The third kappa shape index (κ3) is 2.91. The van der Waals surface area contributed by atoms with E-state index in [1.807, 2.05) is 0 Å². The fourth-order valence-corrected chi connectivity index (χ4v) is 2.15. The molecule has 1 amide bonds. The van der Waals surface area contributed by atoms with Gasteiger partial charge < -0.3 is 10.6 Å². The Balaban J connectivity index is 2.13. The Morgan fingerprint density at radius 1 is 1.42 bits per heavy atom. The van der Waals surface area contributed by atoms with E-state index in [9.17, 15) is 13.6 Å². The van der Waals surface area contributed by atoms with Crippen molar-refractivity contribution in [3.05, 3.63) is 11.0 Å². The molecule has 1 aliphatic carbocycles. The molecule has 0 radical (unpaired) electrons. The molecule has 1 fully saturated rings. The van der Waals surface area contributed by atoms with Crippen molar-refractivity contribution in [1.29, 1.82) is 0 Å². The van der Waals surface area contributed by atoms with Crippen LogP contribution in [0.5, 0.6) is 0 Å². The summed E-state index contributed by atoms with van der Waals surface area (Å²) in [6.07, 6.45) is -0.831. The quantitative estimate of drug-likeness (QED) is 0.839. The molecule has 0 bridgehead atoms. The maximum absolute atomic E-state index is 12.7. The van der Waals surface area contributed by atoms with Crippen molar-refractivity contribution in [1.82, 2.24) is 9.97 Å². The van der Waals surface area contributed by atoms with E-state index in [0.717, 1.165) is 0 Å². The molecule has 0 atom stereocenters. The van der Waals surface area contributed by atoms with Gasteiger partial charge in [0.05, 0.1) is 5.69 Å². The number of hydrogen-bond acceptors (Lipinski definition) is 4. The van der Waals surface area contributed by atoms with Crippen LogP contribution in [0.1, 0.15) is 18.5 Å². The van der Waals surface area contributed by atoms with Crippen molar-refractivity contribution in [3.8, 4) is 0 Å². The fraction of sp³-hybridized carbons (Fsp3) is 0.545. The number of aromatic nitrogens is 2. The maximum atomic E-state index is 12.7. The summed E-state index contributed by atoms with van der Waals surface area (Å²) >= 11 is 5.70. The van der Waals surface area contributed by atoms with Crippen LogP contribution in [-0.2, 0) is 4.79 Å². The van der Waals surface area contributed by atoms with E-state index in [0.29, 0.717) is 17.2 Å². The molecule has 19 heavy (non-hydrogen) atoms. The molecule has 104 valence electrons. The second-order valence-electron chi connectivity index (χ2n) is 4.50. The van der Waals surface area contributed by atoms with Gasteiger partial charge in [-0.05, 0) is 18.5 Å². The average molecular weight is 291 g/mol. The molecular weight excluding hydrogens is 278 g/mol. The summed E-state index contributed by atoms with van der Waals surface area (Å²) in [6.45, 7) is 1.65. The average Bonchev–Trinajstić information content (AvgIpc) is 2.28. The van der Waals surface area contributed by atoms with Crippen LogP contribution in [0.4, 0.5) is 20.3 Å².